The highest BCUT2D eigenvalue weighted by Gasteiger charge is 2.22. The Morgan fingerprint density at radius 1 is 1.55 bits per heavy atom. The highest BCUT2D eigenvalue weighted by atomic mass is 16.3. The van der Waals surface area contributed by atoms with Crippen LogP contribution < -0.4 is 10.6 Å². The number of nitrogens with one attached hydrogen (secondary N) is 2. The molecule has 112 valence electrons. The summed E-state index contributed by atoms with van der Waals surface area (Å²) in [5.74, 6) is 1.39. The molecule has 5 nitrogen and oxygen atoms in total. The van der Waals surface area contributed by atoms with E-state index in [1.165, 1.54) is 6.26 Å². The second-order valence-corrected chi connectivity index (χ2v) is 6.12. The summed E-state index contributed by atoms with van der Waals surface area (Å²) >= 11 is 0. The van der Waals surface area contributed by atoms with E-state index in [1.807, 2.05) is 6.92 Å². The molecule has 2 atom stereocenters. The van der Waals surface area contributed by atoms with Crippen LogP contribution in [-0.4, -0.2) is 30.0 Å². The first-order chi connectivity index (χ1) is 9.56. The molecular weight excluding hydrogens is 254 g/mol. The highest BCUT2D eigenvalue weighted by molar-refractivity contribution is 5.92. The fraction of sp³-hybridized carbons (Fsp3) is 0.733. The van der Waals surface area contributed by atoms with Crippen LogP contribution in [0.4, 0.5) is 0 Å². The second kappa shape index (κ2) is 6.88. The van der Waals surface area contributed by atoms with E-state index in [0.29, 0.717) is 23.4 Å². The van der Waals surface area contributed by atoms with Gasteiger partial charge in [0.15, 0.2) is 11.6 Å². The van der Waals surface area contributed by atoms with Gasteiger partial charge in [-0.25, -0.2) is 4.98 Å². The van der Waals surface area contributed by atoms with Crippen LogP contribution in [0.1, 0.15) is 62.3 Å². The van der Waals surface area contributed by atoms with E-state index in [0.717, 1.165) is 32.4 Å². The number of carbonyl (C=O) groups is 1. The van der Waals surface area contributed by atoms with Crippen LogP contribution in [0.5, 0.6) is 0 Å². The Hall–Kier alpha value is -1.36. The minimum absolute atomic E-state index is 0.142. The molecule has 0 spiro atoms. The summed E-state index contributed by atoms with van der Waals surface area (Å²) in [7, 11) is 0. The van der Waals surface area contributed by atoms with Crippen LogP contribution >= 0.6 is 0 Å². The molecule has 1 aliphatic heterocycles. The topological polar surface area (TPSA) is 67.2 Å². The van der Waals surface area contributed by atoms with Crippen LogP contribution in [-0.2, 0) is 0 Å². The summed E-state index contributed by atoms with van der Waals surface area (Å²) < 4.78 is 5.48. The maximum atomic E-state index is 12.1. The van der Waals surface area contributed by atoms with Crippen molar-refractivity contribution in [2.45, 2.75) is 52.0 Å². The largest absolute Gasteiger partial charge is 0.448 e. The first kappa shape index (κ1) is 15.0. The van der Waals surface area contributed by atoms with Crippen LogP contribution in [0.2, 0.25) is 0 Å². The number of piperidine rings is 1. The number of hydrogen-bond acceptors (Lipinski definition) is 4. The molecule has 0 aromatic carbocycles. The van der Waals surface area contributed by atoms with Gasteiger partial charge in [0.05, 0.1) is 0 Å². The Morgan fingerprint density at radius 3 is 3.00 bits per heavy atom. The van der Waals surface area contributed by atoms with Gasteiger partial charge in [-0.05, 0) is 38.6 Å². The summed E-state index contributed by atoms with van der Waals surface area (Å²) in [5, 5.41) is 6.29. The van der Waals surface area contributed by atoms with Crippen molar-refractivity contribution in [3.05, 3.63) is 17.8 Å². The fourth-order valence-corrected chi connectivity index (χ4v) is 2.71. The monoisotopic (exact) mass is 279 g/mol. The SMILES string of the molecule is CC(C)CC(C)NC(=O)c1coc(C2CCCNC2)n1. The molecule has 1 aromatic heterocycles. The zero-order chi connectivity index (χ0) is 14.5. The van der Waals surface area contributed by atoms with Crippen molar-refractivity contribution in [3.8, 4) is 0 Å². The summed E-state index contributed by atoms with van der Waals surface area (Å²) in [6.45, 7) is 8.24. The summed E-state index contributed by atoms with van der Waals surface area (Å²) in [6, 6.07) is 0.152. The third-order valence-corrected chi connectivity index (χ3v) is 3.60. The molecule has 2 rings (SSSR count). The van der Waals surface area contributed by atoms with Gasteiger partial charge < -0.3 is 15.1 Å². The Morgan fingerprint density at radius 2 is 2.35 bits per heavy atom. The van der Waals surface area contributed by atoms with E-state index in [2.05, 4.69) is 29.5 Å². The number of rotatable bonds is 5. The van der Waals surface area contributed by atoms with Crippen LogP contribution in [0.25, 0.3) is 0 Å². The maximum Gasteiger partial charge on any atom is 0.273 e. The average Bonchev–Trinajstić information content (AvgIpc) is 2.88. The van der Waals surface area contributed by atoms with Crippen molar-refractivity contribution in [3.63, 3.8) is 0 Å². The molecule has 1 amide bonds. The van der Waals surface area contributed by atoms with Crippen molar-refractivity contribution >= 4 is 5.91 Å². The quantitative estimate of drug-likeness (QED) is 0.868. The van der Waals surface area contributed by atoms with E-state index in [4.69, 9.17) is 4.42 Å². The molecular formula is C15H25N3O2. The van der Waals surface area contributed by atoms with Crippen molar-refractivity contribution in [2.75, 3.05) is 13.1 Å². The Kier molecular flexibility index (Phi) is 5.17. The number of nitrogens with zero attached hydrogens (tertiary/aromatic N) is 1. The van der Waals surface area contributed by atoms with Gasteiger partial charge >= 0.3 is 0 Å². The second-order valence-electron chi connectivity index (χ2n) is 6.12. The zero-order valence-electron chi connectivity index (χ0n) is 12.6. The molecule has 0 radical (unpaired) electrons. The van der Waals surface area contributed by atoms with E-state index < -0.39 is 0 Å². The van der Waals surface area contributed by atoms with Crippen molar-refractivity contribution in [1.82, 2.24) is 15.6 Å². The predicted octanol–water partition coefficient (Wildman–Crippen LogP) is 2.31. The molecule has 2 unspecified atom stereocenters. The first-order valence-electron chi connectivity index (χ1n) is 7.53. The third-order valence-electron chi connectivity index (χ3n) is 3.60. The van der Waals surface area contributed by atoms with Gasteiger partial charge in [0.2, 0.25) is 0 Å². The normalized spacial score (nSPS) is 20.9. The van der Waals surface area contributed by atoms with E-state index >= 15 is 0 Å². The van der Waals surface area contributed by atoms with Crippen molar-refractivity contribution in [1.29, 1.82) is 0 Å². The molecule has 0 saturated carbocycles. The third kappa shape index (κ3) is 4.07. The van der Waals surface area contributed by atoms with E-state index in [9.17, 15) is 4.79 Å². The summed E-state index contributed by atoms with van der Waals surface area (Å²) in [4.78, 5) is 16.4. The number of hydrogen-bond donors (Lipinski definition) is 2. The predicted molar refractivity (Wildman–Crippen MR) is 77.7 cm³/mol. The molecule has 1 fully saturated rings. The Balaban J connectivity index is 1.92. The average molecular weight is 279 g/mol. The molecule has 2 N–H and O–H groups in total. The lowest BCUT2D eigenvalue weighted by Crippen LogP contribution is -2.33. The highest BCUT2D eigenvalue weighted by Crippen LogP contribution is 2.22. The van der Waals surface area contributed by atoms with Gasteiger partial charge in [0.25, 0.3) is 5.91 Å². The smallest absolute Gasteiger partial charge is 0.273 e. The molecule has 2 heterocycles. The molecule has 1 aromatic rings. The molecule has 0 aliphatic carbocycles. The molecule has 5 heteroatoms. The van der Waals surface area contributed by atoms with E-state index in [-0.39, 0.29) is 11.9 Å². The maximum absolute atomic E-state index is 12.1. The van der Waals surface area contributed by atoms with E-state index in [1.54, 1.807) is 0 Å². The summed E-state index contributed by atoms with van der Waals surface area (Å²) in [6.07, 6.45) is 4.63. The molecule has 0 bridgehead atoms. The van der Waals surface area contributed by atoms with Gasteiger partial charge in [-0.3, -0.25) is 4.79 Å². The standard InChI is InChI=1S/C15H25N3O2/c1-10(2)7-11(3)17-14(19)13-9-20-15(18-13)12-5-4-6-16-8-12/h9-12,16H,4-8H2,1-3H3,(H,17,19). The van der Waals surface area contributed by atoms with Crippen LogP contribution in [0.15, 0.2) is 10.7 Å². The Bertz CT molecular complexity index is 436. The lowest BCUT2D eigenvalue weighted by atomic mass is 10.00. The fourth-order valence-electron chi connectivity index (χ4n) is 2.71. The number of aromatic nitrogens is 1. The number of carbonyl (C=O) groups excluding carboxylic acids is 1. The molecule has 1 aliphatic rings. The van der Waals surface area contributed by atoms with Crippen molar-refractivity contribution in [2.24, 2.45) is 5.92 Å². The lowest BCUT2D eigenvalue weighted by molar-refractivity contribution is 0.0931. The molecule has 1 saturated heterocycles. The van der Waals surface area contributed by atoms with Gasteiger partial charge in [-0.1, -0.05) is 13.8 Å². The van der Waals surface area contributed by atoms with Crippen LogP contribution in [0.3, 0.4) is 0 Å². The van der Waals surface area contributed by atoms with Gasteiger partial charge in [-0.2, -0.15) is 0 Å². The zero-order valence-corrected chi connectivity index (χ0v) is 12.6. The van der Waals surface area contributed by atoms with Gasteiger partial charge in [-0.15, -0.1) is 0 Å². The number of oxazole rings is 1. The lowest BCUT2D eigenvalue weighted by Gasteiger charge is -2.19. The van der Waals surface area contributed by atoms with Crippen LogP contribution in [0, 0.1) is 5.92 Å². The van der Waals surface area contributed by atoms with Crippen molar-refractivity contribution < 1.29 is 9.21 Å². The summed E-state index contributed by atoms with van der Waals surface area (Å²) in [5.41, 5.74) is 0.390. The minimum atomic E-state index is -0.142. The minimum Gasteiger partial charge on any atom is -0.448 e. The Labute approximate surface area is 120 Å². The van der Waals surface area contributed by atoms with Gasteiger partial charge in [0.1, 0.15) is 6.26 Å². The van der Waals surface area contributed by atoms with Gasteiger partial charge in [0, 0.05) is 18.5 Å². The number of amides is 1. The first-order valence-corrected chi connectivity index (χ1v) is 7.53. The molecule has 20 heavy (non-hydrogen) atoms.